The first-order valence-corrected chi connectivity index (χ1v) is 9.78. The van der Waals surface area contributed by atoms with Crippen LogP contribution in [0.25, 0.3) is 0 Å². The van der Waals surface area contributed by atoms with E-state index in [0.717, 1.165) is 39.0 Å². The highest BCUT2D eigenvalue weighted by Crippen LogP contribution is 2.30. The van der Waals surface area contributed by atoms with Gasteiger partial charge in [-0.25, -0.2) is 0 Å². The lowest BCUT2D eigenvalue weighted by molar-refractivity contribution is 0.183. The van der Waals surface area contributed by atoms with E-state index in [1.807, 2.05) is 0 Å². The second-order valence-electron chi connectivity index (χ2n) is 6.64. The highest BCUT2D eigenvalue weighted by Gasteiger charge is 2.22. The number of halogens is 2. The fourth-order valence-electron chi connectivity index (χ4n) is 2.95. The number of nitrogens with zero attached hydrogens (tertiary/aromatic N) is 5. The molecule has 0 radical (unpaired) electrons. The van der Waals surface area contributed by atoms with Gasteiger partial charge in [-0.2, -0.15) is 15.0 Å². The van der Waals surface area contributed by atoms with Crippen LogP contribution < -0.4 is 15.4 Å². The number of ether oxygens (including phenoxy) is 1. The van der Waals surface area contributed by atoms with Crippen LogP contribution in [0.1, 0.15) is 31.7 Å². The van der Waals surface area contributed by atoms with Crippen LogP contribution in [0.15, 0.2) is 18.2 Å². The molecule has 2 N–H and O–H groups in total. The third-order valence-electron chi connectivity index (χ3n) is 4.40. The lowest BCUT2D eigenvalue weighted by atomic mass is 10.2. The molecule has 0 bridgehead atoms. The summed E-state index contributed by atoms with van der Waals surface area (Å²) in [5.74, 6) is 1.89. The topological polar surface area (TPSA) is 80.4 Å². The third-order valence-corrected chi connectivity index (χ3v) is 4.83. The Bertz CT molecular complexity index is 762. The average molecular weight is 411 g/mol. The van der Waals surface area contributed by atoms with E-state index in [4.69, 9.17) is 33.7 Å². The molecular formula is C18H24Cl2N6O. The van der Waals surface area contributed by atoms with Gasteiger partial charge in [0.05, 0.1) is 0 Å². The average Bonchev–Trinajstić information content (AvgIpc) is 2.60. The van der Waals surface area contributed by atoms with E-state index < -0.39 is 0 Å². The van der Waals surface area contributed by atoms with Gasteiger partial charge in [0.25, 0.3) is 0 Å². The Balaban J connectivity index is 1.86. The minimum absolute atomic E-state index is 0.197. The van der Waals surface area contributed by atoms with Crippen LogP contribution >= 0.6 is 23.2 Å². The number of nitrogen functional groups attached to an aromatic ring is 1. The molecule has 1 fully saturated rings. The Morgan fingerprint density at radius 2 is 1.74 bits per heavy atom. The molecule has 0 amide bonds. The molecule has 0 aliphatic carbocycles. The number of hydrogen-bond acceptors (Lipinski definition) is 7. The first-order valence-electron chi connectivity index (χ1n) is 9.02. The van der Waals surface area contributed by atoms with Crippen molar-refractivity contribution in [1.29, 1.82) is 0 Å². The Kier molecular flexibility index (Phi) is 6.57. The Morgan fingerprint density at radius 1 is 1.07 bits per heavy atom. The summed E-state index contributed by atoms with van der Waals surface area (Å²) < 4.78 is 6.11. The molecule has 0 saturated carbocycles. The summed E-state index contributed by atoms with van der Waals surface area (Å²) in [6, 6.07) is 5.11. The molecule has 3 rings (SSSR count). The second kappa shape index (κ2) is 8.91. The molecular weight excluding hydrogens is 387 g/mol. The number of piperazine rings is 1. The SMILES string of the molecule is CCCC(Oc1cc(Cl)cc(Cl)c1)c1nc(N)nc(N2CCN(C)CC2)n1. The van der Waals surface area contributed by atoms with Gasteiger partial charge < -0.3 is 20.3 Å². The second-order valence-corrected chi connectivity index (χ2v) is 7.52. The van der Waals surface area contributed by atoms with E-state index in [0.29, 0.717) is 27.6 Å². The summed E-state index contributed by atoms with van der Waals surface area (Å²) in [6.07, 6.45) is 1.27. The van der Waals surface area contributed by atoms with Gasteiger partial charge in [-0.15, -0.1) is 0 Å². The maximum Gasteiger partial charge on any atom is 0.230 e. The Labute approximate surface area is 169 Å². The minimum atomic E-state index is -0.360. The van der Waals surface area contributed by atoms with Crippen molar-refractivity contribution in [1.82, 2.24) is 19.9 Å². The van der Waals surface area contributed by atoms with Crippen molar-refractivity contribution in [2.75, 3.05) is 43.9 Å². The monoisotopic (exact) mass is 410 g/mol. The molecule has 1 aromatic heterocycles. The van der Waals surface area contributed by atoms with E-state index in [1.54, 1.807) is 18.2 Å². The quantitative estimate of drug-likeness (QED) is 0.780. The van der Waals surface area contributed by atoms with Crippen LogP contribution in [0.5, 0.6) is 5.75 Å². The Hall–Kier alpha value is -1.83. The van der Waals surface area contributed by atoms with Crippen LogP contribution in [0.2, 0.25) is 10.0 Å². The predicted octanol–water partition coefficient (Wildman–Crippen LogP) is 3.43. The first kappa shape index (κ1) is 19.9. The molecule has 7 nitrogen and oxygen atoms in total. The zero-order chi connectivity index (χ0) is 19.4. The highest BCUT2D eigenvalue weighted by molar-refractivity contribution is 6.34. The largest absolute Gasteiger partial charge is 0.482 e. The van der Waals surface area contributed by atoms with E-state index in [2.05, 4.69) is 38.7 Å². The number of rotatable bonds is 6. The molecule has 1 aliphatic heterocycles. The lowest BCUT2D eigenvalue weighted by Gasteiger charge is -2.32. The molecule has 2 aromatic rings. The number of aromatic nitrogens is 3. The molecule has 1 saturated heterocycles. The molecule has 0 spiro atoms. The smallest absolute Gasteiger partial charge is 0.230 e. The van der Waals surface area contributed by atoms with Crippen LogP contribution in [0.4, 0.5) is 11.9 Å². The van der Waals surface area contributed by atoms with E-state index in [1.165, 1.54) is 0 Å². The standard InChI is InChI=1S/C18H24Cl2N6O/c1-3-4-15(27-14-10-12(19)9-13(20)11-14)16-22-17(21)24-18(23-16)26-7-5-25(2)6-8-26/h9-11,15H,3-8H2,1-2H3,(H2,21,22,23,24). The lowest BCUT2D eigenvalue weighted by Crippen LogP contribution is -2.45. The van der Waals surface area contributed by atoms with E-state index in [9.17, 15) is 0 Å². The fourth-order valence-corrected chi connectivity index (χ4v) is 3.46. The fraction of sp³-hybridized carbons (Fsp3) is 0.500. The number of benzene rings is 1. The molecule has 146 valence electrons. The van der Waals surface area contributed by atoms with E-state index >= 15 is 0 Å². The summed E-state index contributed by atoms with van der Waals surface area (Å²) in [6.45, 7) is 5.69. The van der Waals surface area contributed by atoms with E-state index in [-0.39, 0.29) is 12.1 Å². The molecule has 27 heavy (non-hydrogen) atoms. The number of nitrogens with two attached hydrogens (primary N) is 1. The van der Waals surface area contributed by atoms with Crippen molar-refractivity contribution in [3.8, 4) is 5.75 Å². The maximum atomic E-state index is 6.11. The molecule has 2 heterocycles. The van der Waals surface area contributed by atoms with Crippen molar-refractivity contribution in [3.63, 3.8) is 0 Å². The predicted molar refractivity (Wildman–Crippen MR) is 109 cm³/mol. The van der Waals surface area contributed by atoms with Crippen molar-refractivity contribution in [2.45, 2.75) is 25.9 Å². The molecule has 1 aliphatic rings. The third kappa shape index (κ3) is 5.34. The zero-order valence-electron chi connectivity index (χ0n) is 15.5. The van der Waals surface area contributed by atoms with Crippen molar-refractivity contribution < 1.29 is 4.74 Å². The number of anilines is 2. The van der Waals surface area contributed by atoms with Gasteiger partial charge in [-0.1, -0.05) is 36.5 Å². The van der Waals surface area contributed by atoms with Crippen LogP contribution in [-0.4, -0.2) is 53.1 Å². The summed E-state index contributed by atoms with van der Waals surface area (Å²) in [7, 11) is 2.10. The molecule has 1 atom stereocenters. The summed E-state index contributed by atoms with van der Waals surface area (Å²) in [4.78, 5) is 17.7. The van der Waals surface area contributed by atoms with Crippen LogP contribution in [0.3, 0.4) is 0 Å². The zero-order valence-corrected chi connectivity index (χ0v) is 17.0. The van der Waals surface area contributed by atoms with Gasteiger partial charge in [-0.3, -0.25) is 0 Å². The highest BCUT2D eigenvalue weighted by atomic mass is 35.5. The van der Waals surface area contributed by atoms with Crippen LogP contribution in [-0.2, 0) is 0 Å². The van der Waals surface area contributed by atoms with Gasteiger partial charge in [0.2, 0.25) is 11.9 Å². The summed E-state index contributed by atoms with van der Waals surface area (Å²) in [5.41, 5.74) is 5.97. The normalized spacial score (nSPS) is 16.4. The van der Waals surface area contributed by atoms with Gasteiger partial charge in [0, 0.05) is 36.2 Å². The van der Waals surface area contributed by atoms with Crippen molar-refractivity contribution >= 4 is 35.1 Å². The van der Waals surface area contributed by atoms with Gasteiger partial charge in [0.1, 0.15) is 5.75 Å². The van der Waals surface area contributed by atoms with Gasteiger partial charge in [0.15, 0.2) is 11.9 Å². The number of hydrogen-bond donors (Lipinski definition) is 1. The minimum Gasteiger partial charge on any atom is -0.482 e. The maximum absolute atomic E-state index is 6.11. The summed E-state index contributed by atoms with van der Waals surface area (Å²) in [5, 5.41) is 1.03. The Morgan fingerprint density at radius 3 is 2.37 bits per heavy atom. The molecule has 1 aromatic carbocycles. The van der Waals surface area contributed by atoms with Gasteiger partial charge in [-0.05, 0) is 31.7 Å². The number of likely N-dealkylation sites (N-methyl/N-ethyl adjacent to an activating group) is 1. The molecule has 9 heteroatoms. The van der Waals surface area contributed by atoms with Crippen LogP contribution in [0, 0.1) is 0 Å². The first-order chi connectivity index (χ1) is 12.9. The van der Waals surface area contributed by atoms with Gasteiger partial charge >= 0.3 is 0 Å². The summed E-state index contributed by atoms with van der Waals surface area (Å²) >= 11 is 12.2. The van der Waals surface area contributed by atoms with Crippen molar-refractivity contribution in [3.05, 3.63) is 34.1 Å². The van der Waals surface area contributed by atoms with Crippen molar-refractivity contribution in [2.24, 2.45) is 0 Å². The molecule has 1 unspecified atom stereocenters.